The Morgan fingerprint density at radius 2 is 2.04 bits per heavy atom. The van der Waals surface area contributed by atoms with E-state index in [1.807, 2.05) is 0 Å². The van der Waals surface area contributed by atoms with E-state index < -0.39 is 17.9 Å². The van der Waals surface area contributed by atoms with Gasteiger partial charge in [-0.15, -0.1) is 0 Å². The van der Waals surface area contributed by atoms with E-state index in [9.17, 15) is 14.4 Å². The molecule has 1 aliphatic heterocycles. The summed E-state index contributed by atoms with van der Waals surface area (Å²) in [5.41, 5.74) is 0.413. The van der Waals surface area contributed by atoms with E-state index >= 15 is 0 Å². The molecule has 28 heavy (non-hydrogen) atoms. The van der Waals surface area contributed by atoms with Crippen molar-refractivity contribution >= 4 is 35.1 Å². The Hall–Kier alpha value is -2.68. The molecule has 1 aromatic carbocycles. The fourth-order valence-electron chi connectivity index (χ4n) is 2.68. The number of nitrogens with one attached hydrogen (secondary N) is 2. The number of esters is 1. The molecule has 0 saturated carbocycles. The number of thiocarbonyl (C=S) groups is 1. The van der Waals surface area contributed by atoms with Crippen LogP contribution in [0.3, 0.4) is 0 Å². The summed E-state index contributed by atoms with van der Waals surface area (Å²) in [6.07, 6.45) is 1.86. The molecule has 1 fully saturated rings. The average molecular weight is 407 g/mol. The van der Waals surface area contributed by atoms with E-state index in [1.54, 1.807) is 24.3 Å². The molecule has 0 bridgehead atoms. The van der Waals surface area contributed by atoms with Crippen LogP contribution in [0, 0.1) is 0 Å². The molecule has 0 spiro atoms. The number of hydrogen-bond donors (Lipinski definition) is 2. The van der Waals surface area contributed by atoms with E-state index in [0.29, 0.717) is 31.0 Å². The number of nitrogens with zero attached hydrogens (tertiary/aromatic N) is 1. The van der Waals surface area contributed by atoms with Gasteiger partial charge in [-0.3, -0.25) is 19.7 Å². The Kier molecular flexibility index (Phi) is 8.19. The Morgan fingerprint density at radius 1 is 1.32 bits per heavy atom. The Labute approximate surface area is 169 Å². The highest BCUT2D eigenvalue weighted by molar-refractivity contribution is 7.80. The summed E-state index contributed by atoms with van der Waals surface area (Å²) in [6, 6.07) is 5.93. The number of carbonyl (C=O) groups excluding carboxylic acids is 3. The molecule has 2 rings (SSSR count). The number of amides is 2. The lowest BCUT2D eigenvalue weighted by Gasteiger charge is -2.36. The van der Waals surface area contributed by atoms with Crippen molar-refractivity contribution in [3.05, 3.63) is 29.8 Å². The molecule has 0 aliphatic carbocycles. The molecule has 8 nitrogen and oxygen atoms in total. The Bertz CT molecular complexity index is 723. The lowest BCUT2D eigenvalue weighted by Crippen LogP contribution is -2.60. The lowest BCUT2D eigenvalue weighted by atomic mass is 10.1. The number of unbranched alkanes of at least 4 members (excludes halogenated alkanes) is 1. The monoisotopic (exact) mass is 407 g/mol. The van der Waals surface area contributed by atoms with Gasteiger partial charge in [0.15, 0.2) is 5.11 Å². The van der Waals surface area contributed by atoms with E-state index in [0.717, 1.165) is 12.8 Å². The van der Waals surface area contributed by atoms with Crippen LogP contribution >= 0.6 is 12.2 Å². The van der Waals surface area contributed by atoms with Gasteiger partial charge in [0.1, 0.15) is 11.8 Å². The predicted octanol–water partition coefficient (Wildman–Crippen LogP) is 1.24. The summed E-state index contributed by atoms with van der Waals surface area (Å²) in [7, 11) is 1.25. The van der Waals surface area contributed by atoms with Crippen molar-refractivity contribution in [2.24, 2.45) is 0 Å². The largest absolute Gasteiger partial charge is 0.494 e. The smallest absolute Gasteiger partial charge is 0.308 e. The zero-order valence-electron chi connectivity index (χ0n) is 16.0. The molecule has 1 atom stereocenters. The van der Waals surface area contributed by atoms with Crippen LogP contribution in [-0.4, -0.2) is 60.6 Å². The Balaban J connectivity index is 1.98. The van der Waals surface area contributed by atoms with Crippen LogP contribution in [-0.2, 0) is 14.3 Å². The van der Waals surface area contributed by atoms with Gasteiger partial charge in [0.2, 0.25) is 5.91 Å². The highest BCUT2D eigenvalue weighted by atomic mass is 32.1. The summed E-state index contributed by atoms with van der Waals surface area (Å²) in [6.45, 7) is 3.47. The fourth-order valence-corrected chi connectivity index (χ4v) is 2.99. The fraction of sp³-hybridized carbons (Fsp3) is 0.474. The van der Waals surface area contributed by atoms with Crippen LogP contribution in [0.15, 0.2) is 24.3 Å². The number of piperazine rings is 1. The van der Waals surface area contributed by atoms with Crippen molar-refractivity contribution in [3.8, 4) is 5.75 Å². The number of rotatable bonds is 7. The van der Waals surface area contributed by atoms with Gasteiger partial charge in [0.05, 0.1) is 20.1 Å². The first-order valence-electron chi connectivity index (χ1n) is 9.15. The van der Waals surface area contributed by atoms with Crippen molar-refractivity contribution in [2.45, 2.75) is 32.2 Å². The highest BCUT2D eigenvalue weighted by Crippen LogP contribution is 2.14. The maximum absolute atomic E-state index is 12.5. The van der Waals surface area contributed by atoms with Gasteiger partial charge < -0.3 is 19.7 Å². The van der Waals surface area contributed by atoms with Gasteiger partial charge in [-0.25, -0.2) is 0 Å². The molecule has 1 heterocycles. The molecular weight excluding hydrogens is 382 g/mol. The molecule has 2 amide bonds. The molecule has 1 aliphatic rings. The second kappa shape index (κ2) is 10.6. The molecule has 0 radical (unpaired) electrons. The normalized spacial score (nSPS) is 16.1. The minimum Gasteiger partial charge on any atom is -0.494 e. The molecule has 1 aromatic rings. The zero-order chi connectivity index (χ0) is 20.5. The van der Waals surface area contributed by atoms with Crippen LogP contribution in [0.2, 0.25) is 0 Å². The minimum atomic E-state index is -0.816. The van der Waals surface area contributed by atoms with Gasteiger partial charge >= 0.3 is 5.97 Å². The number of methoxy groups -OCH3 is 1. The quantitative estimate of drug-likeness (QED) is 0.399. The third kappa shape index (κ3) is 5.91. The second-order valence-corrected chi connectivity index (χ2v) is 6.65. The van der Waals surface area contributed by atoms with Crippen molar-refractivity contribution in [1.82, 2.24) is 15.5 Å². The topological polar surface area (TPSA) is 97.0 Å². The molecule has 1 saturated heterocycles. The molecule has 2 N–H and O–H groups in total. The van der Waals surface area contributed by atoms with Crippen LogP contribution in [0.4, 0.5) is 0 Å². The van der Waals surface area contributed by atoms with E-state index in [1.165, 1.54) is 12.0 Å². The number of carbonyl (C=O) groups is 3. The van der Waals surface area contributed by atoms with Gasteiger partial charge in [-0.05, 0) is 42.9 Å². The summed E-state index contributed by atoms with van der Waals surface area (Å²) in [5.74, 6) is -0.562. The number of ether oxygens (including phenoxy) is 2. The molecule has 9 heteroatoms. The van der Waals surface area contributed by atoms with Gasteiger partial charge in [0, 0.05) is 18.7 Å². The average Bonchev–Trinajstić information content (AvgIpc) is 2.69. The standard InChI is InChI=1S/C19H25N3O5S/c1-3-4-11-27-14-7-5-13(6-8-14)17(24)21-19(28)22-10-9-20-18(25)15(22)12-16(23)26-2/h5-8,15H,3-4,9-12H2,1-2H3,(H,20,25)(H,21,24,28)/t15-/m1/s1. The molecule has 0 aromatic heterocycles. The molecule has 0 unspecified atom stereocenters. The Morgan fingerprint density at radius 3 is 2.68 bits per heavy atom. The van der Waals surface area contributed by atoms with Crippen LogP contribution in [0.25, 0.3) is 0 Å². The SMILES string of the molecule is CCCCOc1ccc(C(=O)NC(=S)N2CCNC(=O)[C@H]2CC(=O)OC)cc1. The summed E-state index contributed by atoms with van der Waals surface area (Å²) in [5, 5.41) is 5.40. The van der Waals surface area contributed by atoms with E-state index in [4.69, 9.17) is 17.0 Å². The van der Waals surface area contributed by atoms with Crippen LogP contribution in [0.5, 0.6) is 5.75 Å². The molecular formula is C19H25N3O5S. The van der Waals surface area contributed by atoms with Crippen molar-refractivity contribution in [3.63, 3.8) is 0 Å². The van der Waals surface area contributed by atoms with E-state index in [-0.39, 0.29) is 17.4 Å². The maximum Gasteiger partial charge on any atom is 0.308 e. The minimum absolute atomic E-state index is 0.0945. The van der Waals surface area contributed by atoms with E-state index in [2.05, 4.69) is 22.3 Å². The highest BCUT2D eigenvalue weighted by Gasteiger charge is 2.34. The summed E-state index contributed by atoms with van der Waals surface area (Å²) in [4.78, 5) is 37.7. The first kappa shape index (κ1) is 21.6. The summed E-state index contributed by atoms with van der Waals surface area (Å²) < 4.78 is 10.2. The van der Waals surface area contributed by atoms with Gasteiger partial charge in [0.25, 0.3) is 5.91 Å². The van der Waals surface area contributed by atoms with Crippen molar-refractivity contribution in [2.75, 3.05) is 26.8 Å². The first-order valence-corrected chi connectivity index (χ1v) is 9.56. The first-order chi connectivity index (χ1) is 13.5. The lowest BCUT2D eigenvalue weighted by molar-refractivity contribution is -0.144. The van der Waals surface area contributed by atoms with Crippen LogP contribution < -0.4 is 15.4 Å². The number of hydrogen-bond acceptors (Lipinski definition) is 6. The number of benzene rings is 1. The molecule has 152 valence electrons. The maximum atomic E-state index is 12.5. The second-order valence-electron chi connectivity index (χ2n) is 6.27. The van der Waals surface area contributed by atoms with Gasteiger partial charge in [-0.2, -0.15) is 0 Å². The zero-order valence-corrected chi connectivity index (χ0v) is 16.8. The van der Waals surface area contributed by atoms with Crippen molar-refractivity contribution in [1.29, 1.82) is 0 Å². The van der Waals surface area contributed by atoms with Gasteiger partial charge in [-0.1, -0.05) is 13.3 Å². The summed E-state index contributed by atoms with van der Waals surface area (Å²) >= 11 is 5.30. The third-order valence-corrected chi connectivity index (χ3v) is 4.62. The van der Waals surface area contributed by atoms with Crippen LogP contribution in [0.1, 0.15) is 36.5 Å². The predicted molar refractivity (Wildman–Crippen MR) is 107 cm³/mol. The van der Waals surface area contributed by atoms with Crippen molar-refractivity contribution < 1.29 is 23.9 Å². The third-order valence-electron chi connectivity index (χ3n) is 4.28.